The van der Waals surface area contributed by atoms with E-state index in [4.69, 9.17) is 16.3 Å². The Bertz CT molecular complexity index is 1150. The number of nitrogens with zero attached hydrogens (tertiary/aromatic N) is 3. The molecule has 4 rings (SSSR count). The van der Waals surface area contributed by atoms with E-state index in [1.807, 2.05) is 36.9 Å². The summed E-state index contributed by atoms with van der Waals surface area (Å²) in [6.45, 7) is 5.60. The zero-order chi connectivity index (χ0) is 23.4. The van der Waals surface area contributed by atoms with E-state index in [2.05, 4.69) is 10.4 Å². The number of nitrogens with one attached hydrogen (secondary N) is 1. The molecule has 172 valence electrons. The number of anilines is 1. The molecule has 33 heavy (non-hydrogen) atoms. The highest BCUT2D eigenvalue weighted by Crippen LogP contribution is 2.26. The summed E-state index contributed by atoms with van der Waals surface area (Å²) in [5.74, 6) is 0.298. The molecule has 1 aliphatic rings. The maximum Gasteiger partial charge on any atom is 0.260 e. The summed E-state index contributed by atoms with van der Waals surface area (Å²) < 4.78 is 7.42. The van der Waals surface area contributed by atoms with Crippen molar-refractivity contribution in [3.8, 4) is 11.4 Å². The summed E-state index contributed by atoms with van der Waals surface area (Å²) in [7, 11) is 0. The molecule has 2 aromatic carbocycles. The highest BCUT2D eigenvalue weighted by atomic mass is 35.5. The summed E-state index contributed by atoms with van der Waals surface area (Å²) >= 11 is 6.14. The predicted octanol–water partition coefficient (Wildman–Crippen LogP) is 4.90. The first-order valence-electron chi connectivity index (χ1n) is 11.1. The Balaban J connectivity index is 1.48. The molecule has 0 atom stereocenters. The van der Waals surface area contributed by atoms with Crippen LogP contribution in [0.1, 0.15) is 48.7 Å². The Morgan fingerprint density at radius 1 is 1.12 bits per heavy atom. The molecule has 2 heterocycles. The van der Waals surface area contributed by atoms with Crippen LogP contribution in [0.5, 0.6) is 5.75 Å². The number of rotatable bonds is 7. The molecule has 0 aliphatic carbocycles. The fraction of sp³-hybridized carbons (Fsp3) is 0.320. The van der Waals surface area contributed by atoms with Gasteiger partial charge in [0.05, 0.1) is 23.1 Å². The van der Waals surface area contributed by atoms with Gasteiger partial charge in [0, 0.05) is 29.9 Å². The molecule has 8 heteroatoms. The number of likely N-dealkylation sites (tertiary alicyclic amines) is 1. The van der Waals surface area contributed by atoms with Gasteiger partial charge in [0.1, 0.15) is 5.75 Å². The van der Waals surface area contributed by atoms with Crippen molar-refractivity contribution in [1.82, 2.24) is 14.7 Å². The number of carbonyl (C=O) groups is 2. The summed E-state index contributed by atoms with van der Waals surface area (Å²) in [4.78, 5) is 27.1. The molecule has 0 saturated carbocycles. The average molecular weight is 467 g/mol. The Labute approximate surface area is 198 Å². The number of hydrogen-bond acceptors (Lipinski definition) is 4. The summed E-state index contributed by atoms with van der Waals surface area (Å²) in [5.41, 5.74) is 2.65. The lowest BCUT2D eigenvalue weighted by atomic mass is 10.0. The Morgan fingerprint density at radius 2 is 1.88 bits per heavy atom. The molecule has 0 spiro atoms. The largest absolute Gasteiger partial charge is 0.484 e. The third-order valence-electron chi connectivity index (χ3n) is 5.56. The number of carbonyl (C=O) groups excluding carboxylic acids is 2. The highest BCUT2D eigenvalue weighted by molar-refractivity contribution is 6.30. The summed E-state index contributed by atoms with van der Waals surface area (Å²) in [5, 5.41) is 7.97. The molecule has 0 radical (unpaired) electrons. The van der Waals surface area contributed by atoms with Crippen LogP contribution in [0.2, 0.25) is 5.02 Å². The lowest BCUT2D eigenvalue weighted by Crippen LogP contribution is -2.32. The van der Waals surface area contributed by atoms with Crippen molar-refractivity contribution in [2.45, 2.75) is 32.6 Å². The maximum absolute atomic E-state index is 13.1. The molecule has 3 aromatic rings. The van der Waals surface area contributed by atoms with Crippen LogP contribution < -0.4 is 10.1 Å². The van der Waals surface area contributed by atoms with Crippen molar-refractivity contribution >= 4 is 29.1 Å². The smallest absolute Gasteiger partial charge is 0.260 e. The second-order valence-electron chi connectivity index (χ2n) is 8.35. The number of benzene rings is 2. The van der Waals surface area contributed by atoms with E-state index in [9.17, 15) is 9.59 Å². The molecule has 0 unspecified atom stereocenters. The van der Waals surface area contributed by atoms with E-state index in [1.165, 1.54) is 0 Å². The minimum atomic E-state index is -0.266. The summed E-state index contributed by atoms with van der Waals surface area (Å²) in [6, 6.07) is 14.4. The number of amides is 2. The van der Waals surface area contributed by atoms with Crippen LogP contribution in [-0.2, 0) is 4.79 Å². The van der Waals surface area contributed by atoms with Crippen LogP contribution in [-0.4, -0.2) is 46.2 Å². The maximum atomic E-state index is 13.1. The molecule has 1 aliphatic heterocycles. The van der Waals surface area contributed by atoms with Gasteiger partial charge in [0.15, 0.2) is 6.61 Å². The summed E-state index contributed by atoms with van der Waals surface area (Å²) in [6.07, 6.45) is 3.65. The van der Waals surface area contributed by atoms with E-state index in [1.54, 1.807) is 41.2 Å². The van der Waals surface area contributed by atoms with Gasteiger partial charge in [0.2, 0.25) is 0 Å². The number of aromatic nitrogens is 2. The quantitative estimate of drug-likeness (QED) is 0.537. The second kappa shape index (κ2) is 10.1. The van der Waals surface area contributed by atoms with Gasteiger partial charge >= 0.3 is 0 Å². The third kappa shape index (κ3) is 5.37. The van der Waals surface area contributed by atoms with Crippen molar-refractivity contribution < 1.29 is 14.3 Å². The normalized spacial score (nSPS) is 13.4. The first-order chi connectivity index (χ1) is 15.9. The lowest BCUT2D eigenvalue weighted by Gasteiger charge is -2.16. The van der Waals surface area contributed by atoms with Gasteiger partial charge in [0.25, 0.3) is 11.8 Å². The Hall–Kier alpha value is -3.32. The Kier molecular flexibility index (Phi) is 6.99. The standard InChI is InChI=1S/C25H27ClN4O3/c1-17(2)24-22(15-27-30(24)20-9-5-7-18(26)13-20)25(32)28-19-8-6-10-21(14-19)33-16-23(31)29-11-3-4-12-29/h5-10,13-15,17H,3-4,11-12,16H2,1-2H3,(H,28,32). The van der Waals surface area contributed by atoms with Gasteiger partial charge in [-0.2, -0.15) is 5.10 Å². The van der Waals surface area contributed by atoms with Gasteiger partial charge in [-0.25, -0.2) is 4.68 Å². The molecule has 2 amide bonds. The lowest BCUT2D eigenvalue weighted by molar-refractivity contribution is -0.132. The molecule has 1 aromatic heterocycles. The van der Waals surface area contributed by atoms with E-state index in [0.29, 0.717) is 22.0 Å². The van der Waals surface area contributed by atoms with Gasteiger partial charge < -0.3 is 15.0 Å². The first kappa shape index (κ1) is 22.9. The van der Waals surface area contributed by atoms with Crippen LogP contribution in [0.15, 0.2) is 54.7 Å². The molecular weight excluding hydrogens is 440 g/mol. The fourth-order valence-corrected chi connectivity index (χ4v) is 4.15. The van der Waals surface area contributed by atoms with Gasteiger partial charge in [-0.15, -0.1) is 0 Å². The molecule has 1 N–H and O–H groups in total. The minimum Gasteiger partial charge on any atom is -0.484 e. The van der Waals surface area contributed by atoms with E-state index < -0.39 is 0 Å². The zero-order valence-corrected chi connectivity index (χ0v) is 19.5. The molecular formula is C25H27ClN4O3. The van der Waals surface area contributed by atoms with Crippen LogP contribution >= 0.6 is 11.6 Å². The van der Waals surface area contributed by atoms with Crippen molar-refractivity contribution in [2.24, 2.45) is 0 Å². The van der Waals surface area contributed by atoms with E-state index in [-0.39, 0.29) is 24.3 Å². The monoisotopic (exact) mass is 466 g/mol. The first-order valence-corrected chi connectivity index (χ1v) is 11.5. The fourth-order valence-electron chi connectivity index (χ4n) is 3.97. The van der Waals surface area contributed by atoms with Crippen molar-refractivity contribution in [2.75, 3.05) is 25.0 Å². The zero-order valence-electron chi connectivity index (χ0n) is 18.8. The third-order valence-corrected chi connectivity index (χ3v) is 5.80. The minimum absolute atomic E-state index is 0.0126. The number of halogens is 1. The van der Waals surface area contributed by atoms with Crippen LogP contribution in [0.4, 0.5) is 5.69 Å². The highest BCUT2D eigenvalue weighted by Gasteiger charge is 2.22. The van der Waals surface area contributed by atoms with Gasteiger partial charge in [-0.05, 0) is 49.1 Å². The molecule has 1 saturated heterocycles. The topological polar surface area (TPSA) is 76.5 Å². The molecule has 1 fully saturated rings. The van der Waals surface area contributed by atoms with E-state index in [0.717, 1.165) is 37.3 Å². The van der Waals surface area contributed by atoms with Crippen LogP contribution in [0, 0.1) is 0 Å². The molecule has 0 bridgehead atoms. The van der Waals surface area contributed by atoms with Crippen molar-refractivity contribution in [3.05, 3.63) is 71.0 Å². The number of hydrogen-bond donors (Lipinski definition) is 1. The Morgan fingerprint density at radius 3 is 2.61 bits per heavy atom. The van der Waals surface area contributed by atoms with Crippen LogP contribution in [0.3, 0.4) is 0 Å². The molecule has 7 nitrogen and oxygen atoms in total. The second-order valence-corrected chi connectivity index (χ2v) is 8.78. The van der Waals surface area contributed by atoms with Gasteiger partial charge in [-0.1, -0.05) is 37.6 Å². The van der Waals surface area contributed by atoms with E-state index >= 15 is 0 Å². The van der Waals surface area contributed by atoms with Crippen molar-refractivity contribution in [3.63, 3.8) is 0 Å². The predicted molar refractivity (Wildman–Crippen MR) is 128 cm³/mol. The average Bonchev–Trinajstić information content (AvgIpc) is 3.48. The van der Waals surface area contributed by atoms with Gasteiger partial charge in [-0.3, -0.25) is 9.59 Å². The van der Waals surface area contributed by atoms with Crippen molar-refractivity contribution in [1.29, 1.82) is 0 Å². The SMILES string of the molecule is CC(C)c1c(C(=O)Nc2cccc(OCC(=O)N3CCCC3)c2)cnn1-c1cccc(Cl)c1. The number of ether oxygens (including phenoxy) is 1. The van der Waals surface area contributed by atoms with Crippen LogP contribution in [0.25, 0.3) is 5.69 Å².